The van der Waals surface area contributed by atoms with Crippen LogP contribution in [-0.4, -0.2) is 39.4 Å². The molecule has 3 aliphatic carbocycles. The normalized spacial score (nSPS) is 33.4. The fourth-order valence-corrected chi connectivity index (χ4v) is 8.28. The highest BCUT2D eigenvalue weighted by Crippen LogP contribution is 2.69. The lowest BCUT2D eigenvalue weighted by Crippen LogP contribution is -2.56. The molecule has 1 unspecified atom stereocenters. The first-order valence-electron chi connectivity index (χ1n) is 13.6. The number of alkyl halides is 6. The van der Waals surface area contributed by atoms with E-state index in [4.69, 9.17) is 0 Å². The zero-order valence-electron chi connectivity index (χ0n) is 21.7. The van der Waals surface area contributed by atoms with Gasteiger partial charge in [-0.3, -0.25) is 0 Å². The van der Waals surface area contributed by atoms with E-state index >= 15 is 0 Å². The molecule has 0 spiro atoms. The average molecular weight is 549 g/mol. The maximum Gasteiger partial charge on any atom is 0.426 e. The van der Waals surface area contributed by atoms with Crippen molar-refractivity contribution in [2.45, 2.75) is 108 Å². The summed E-state index contributed by atoms with van der Waals surface area (Å²) in [5.41, 5.74) is -2.94. The molecule has 0 amide bonds. The Balaban J connectivity index is 1.49. The van der Waals surface area contributed by atoms with Crippen LogP contribution >= 0.6 is 0 Å². The Kier molecular flexibility index (Phi) is 7.71. The molecule has 1 aromatic rings. The van der Waals surface area contributed by atoms with E-state index in [2.05, 4.69) is 19.6 Å². The summed E-state index contributed by atoms with van der Waals surface area (Å²) in [5, 5.41) is 30.5. The molecule has 0 aliphatic heterocycles. The number of fused-ring (bicyclic) bond motifs is 5. The first-order valence-corrected chi connectivity index (χ1v) is 13.6. The second-order valence-electron chi connectivity index (χ2n) is 12.1. The number of aliphatic hydroxyl groups is 2. The molecule has 0 heterocycles. The third-order valence-electron chi connectivity index (χ3n) is 10.2. The van der Waals surface area contributed by atoms with Crippen LogP contribution in [0, 0.1) is 22.7 Å². The molecule has 1 aromatic carbocycles. The van der Waals surface area contributed by atoms with Crippen LogP contribution in [0.3, 0.4) is 0 Å². The summed E-state index contributed by atoms with van der Waals surface area (Å²) in [6.45, 7) is 6.39. The number of rotatable bonds is 8. The number of hydrogen-bond acceptors (Lipinski definition) is 3. The molecule has 6 atom stereocenters. The summed E-state index contributed by atoms with van der Waals surface area (Å²) in [4.78, 5) is 0. The van der Waals surface area contributed by atoms with Gasteiger partial charge in [0.15, 0.2) is 0 Å². The van der Waals surface area contributed by atoms with Crippen LogP contribution in [0.15, 0.2) is 30.9 Å². The van der Waals surface area contributed by atoms with Gasteiger partial charge < -0.3 is 15.3 Å². The summed E-state index contributed by atoms with van der Waals surface area (Å²) in [6.07, 6.45) is -5.74. The van der Waals surface area contributed by atoms with Crippen molar-refractivity contribution < 1.29 is 41.7 Å². The van der Waals surface area contributed by atoms with E-state index in [1.54, 1.807) is 12.1 Å². The number of aryl methyl sites for hydroxylation is 1. The topological polar surface area (TPSA) is 60.7 Å². The van der Waals surface area contributed by atoms with Crippen molar-refractivity contribution in [2.24, 2.45) is 22.7 Å². The molecular weight excluding hydrogens is 510 g/mol. The summed E-state index contributed by atoms with van der Waals surface area (Å²) < 4.78 is 77.7. The Morgan fingerprint density at radius 3 is 2.32 bits per heavy atom. The van der Waals surface area contributed by atoms with Crippen LogP contribution in [0.2, 0.25) is 0 Å². The van der Waals surface area contributed by atoms with Crippen molar-refractivity contribution in [3.8, 4) is 5.75 Å². The van der Waals surface area contributed by atoms with Crippen molar-refractivity contribution >= 4 is 0 Å². The number of allylic oxidation sites excluding steroid dienone is 1. The molecule has 0 bridgehead atoms. The number of aliphatic hydroxyl groups excluding tert-OH is 1. The van der Waals surface area contributed by atoms with Crippen molar-refractivity contribution in [3.05, 3.63) is 42.0 Å². The van der Waals surface area contributed by atoms with Gasteiger partial charge in [0, 0.05) is 0 Å². The number of benzene rings is 1. The highest BCUT2D eigenvalue weighted by atomic mass is 19.4. The zero-order valence-corrected chi connectivity index (χ0v) is 21.7. The Morgan fingerprint density at radius 1 is 1.03 bits per heavy atom. The Labute approximate surface area is 219 Å². The predicted molar refractivity (Wildman–Crippen MR) is 132 cm³/mol. The number of unbranched alkanes of at least 4 members (excludes halogenated alkanes) is 3. The van der Waals surface area contributed by atoms with Crippen LogP contribution in [0.5, 0.6) is 5.75 Å². The monoisotopic (exact) mass is 548 g/mol. The van der Waals surface area contributed by atoms with Gasteiger partial charge in [-0.15, -0.1) is 6.58 Å². The standard InChI is InChI=1S/C29H38F6O3/c1-3-26-15-13-18-16-20(36)9-10-21(18)24(26)19(17-25(2)22(26)11-12-23(25)37)8-6-4-5-7-14-27(38,28(30,31)32)29(33,34)35/h3,9-10,16,19,22-24,36-38H,1,4-8,11-15,17H2,2H3/t19-,22+,23-,24+,25-,26?/m0/s1. The molecule has 4 rings (SSSR count). The summed E-state index contributed by atoms with van der Waals surface area (Å²) in [7, 11) is 0. The first kappa shape index (κ1) is 29.2. The number of aromatic hydroxyl groups is 1. The fourth-order valence-electron chi connectivity index (χ4n) is 8.28. The minimum absolute atomic E-state index is 0.119. The van der Waals surface area contributed by atoms with Crippen molar-refractivity contribution in [2.75, 3.05) is 0 Å². The molecule has 3 N–H and O–H groups in total. The molecule has 2 fully saturated rings. The van der Waals surface area contributed by atoms with Crippen LogP contribution in [0.1, 0.15) is 88.2 Å². The quantitative estimate of drug-likeness (QED) is 0.178. The molecule has 0 saturated heterocycles. The molecule has 3 nitrogen and oxygen atoms in total. The van der Waals surface area contributed by atoms with Crippen LogP contribution in [0.25, 0.3) is 0 Å². The zero-order chi connectivity index (χ0) is 28.1. The third kappa shape index (κ3) is 4.65. The van der Waals surface area contributed by atoms with E-state index in [0.29, 0.717) is 12.8 Å². The predicted octanol–water partition coefficient (Wildman–Crippen LogP) is 7.59. The van der Waals surface area contributed by atoms with E-state index in [9.17, 15) is 41.7 Å². The molecule has 9 heteroatoms. The van der Waals surface area contributed by atoms with Crippen LogP contribution in [0.4, 0.5) is 26.3 Å². The van der Waals surface area contributed by atoms with Gasteiger partial charge in [-0.25, -0.2) is 0 Å². The van der Waals surface area contributed by atoms with Gasteiger partial charge in [0.05, 0.1) is 6.10 Å². The van der Waals surface area contributed by atoms with Crippen molar-refractivity contribution in [1.29, 1.82) is 0 Å². The minimum atomic E-state index is -5.78. The van der Waals surface area contributed by atoms with Crippen LogP contribution in [-0.2, 0) is 6.42 Å². The number of hydrogen-bond donors (Lipinski definition) is 3. The van der Waals surface area contributed by atoms with Gasteiger partial charge in [0.1, 0.15) is 5.75 Å². The Bertz CT molecular complexity index is 1010. The SMILES string of the molecule is C=CC12CCc3cc(O)ccc3[C@H]1[C@@H](CCCCCCC(O)(C(F)(F)F)C(F)(F)F)C[C@]1(C)[C@@H](O)CC[C@@H]21. The molecule has 2 saturated carbocycles. The molecular formula is C29H38F6O3. The first-order chi connectivity index (χ1) is 17.6. The van der Waals surface area contributed by atoms with E-state index in [-0.39, 0.29) is 47.2 Å². The minimum Gasteiger partial charge on any atom is -0.508 e. The van der Waals surface area contributed by atoms with E-state index < -0.39 is 30.5 Å². The smallest absolute Gasteiger partial charge is 0.426 e. The highest BCUT2D eigenvalue weighted by molar-refractivity contribution is 5.43. The van der Waals surface area contributed by atoms with Crippen LogP contribution < -0.4 is 0 Å². The maximum atomic E-state index is 13.0. The lowest BCUT2D eigenvalue weighted by molar-refractivity contribution is -0.370. The van der Waals surface area contributed by atoms with Crippen molar-refractivity contribution in [1.82, 2.24) is 0 Å². The molecule has 0 radical (unpaired) electrons. The van der Waals surface area contributed by atoms with Gasteiger partial charge in [0.2, 0.25) is 0 Å². The second kappa shape index (κ2) is 10.0. The van der Waals surface area contributed by atoms with E-state index in [0.717, 1.165) is 44.1 Å². The van der Waals surface area contributed by atoms with E-state index in [1.807, 2.05) is 6.07 Å². The Hall–Kier alpha value is -1.74. The average Bonchev–Trinajstić information content (AvgIpc) is 3.13. The number of halogens is 6. The lowest BCUT2D eigenvalue weighted by atomic mass is 9.44. The highest BCUT2D eigenvalue weighted by Gasteiger charge is 2.69. The maximum absolute atomic E-state index is 13.0. The largest absolute Gasteiger partial charge is 0.508 e. The van der Waals surface area contributed by atoms with Gasteiger partial charge in [0.25, 0.3) is 5.60 Å². The third-order valence-corrected chi connectivity index (χ3v) is 10.2. The fraction of sp³-hybridized carbons (Fsp3) is 0.724. The number of phenols is 1. The summed E-state index contributed by atoms with van der Waals surface area (Å²) >= 11 is 0. The van der Waals surface area contributed by atoms with Gasteiger partial charge in [-0.05, 0) is 103 Å². The Morgan fingerprint density at radius 2 is 1.68 bits per heavy atom. The van der Waals surface area contributed by atoms with Gasteiger partial charge in [-0.2, -0.15) is 26.3 Å². The van der Waals surface area contributed by atoms with Gasteiger partial charge in [-0.1, -0.05) is 38.3 Å². The van der Waals surface area contributed by atoms with Crippen molar-refractivity contribution in [3.63, 3.8) is 0 Å². The summed E-state index contributed by atoms with van der Waals surface area (Å²) in [5.74, 6) is 0.732. The number of phenolic OH excluding ortho intramolecular Hbond substituents is 1. The van der Waals surface area contributed by atoms with Gasteiger partial charge >= 0.3 is 12.4 Å². The van der Waals surface area contributed by atoms with E-state index in [1.165, 1.54) is 5.56 Å². The molecule has 0 aromatic heterocycles. The summed E-state index contributed by atoms with van der Waals surface area (Å²) in [6, 6.07) is 5.47. The lowest BCUT2D eigenvalue weighted by Gasteiger charge is -2.60. The second-order valence-corrected chi connectivity index (χ2v) is 12.1. The molecule has 214 valence electrons. The molecule has 3 aliphatic rings. The molecule has 38 heavy (non-hydrogen) atoms.